The zero-order valence-electron chi connectivity index (χ0n) is 14.7. The number of hydrogen-bond acceptors (Lipinski definition) is 3. The van der Waals surface area contributed by atoms with Crippen LogP contribution in [0.5, 0.6) is 0 Å². The number of carbonyl (C=O) groups is 2. The molecule has 0 saturated heterocycles. The van der Waals surface area contributed by atoms with E-state index in [0.29, 0.717) is 21.3 Å². The van der Waals surface area contributed by atoms with Gasteiger partial charge in [-0.1, -0.05) is 41.4 Å². The van der Waals surface area contributed by atoms with E-state index in [1.54, 1.807) is 30.3 Å². The van der Waals surface area contributed by atoms with Gasteiger partial charge in [0.1, 0.15) is 0 Å². The van der Waals surface area contributed by atoms with Crippen LogP contribution in [0.4, 0.5) is 5.69 Å². The average molecular weight is 392 g/mol. The standard InChI is InChI=1S/C20H19Cl2NO3/c1-12-5-4-6-18(13(12)2)23-20(25)14(3)26-19(24)10-8-15-7-9-16(21)17(22)11-15/h4-11,14H,1-3H3,(H,23,25)/b10-8+/t14-/m1/s1. The Balaban J connectivity index is 1.95. The highest BCUT2D eigenvalue weighted by Gasteiger charge is 2.17. The molecule has 0 aliphatic carbocycles. The third-order valence-electron chi connectivity index (χ3n) is 3.88. The molecule has 0 saturated carbocycles. The van der Waals surface area contributed by atoms with E-state index in [4.69, 9.17) is 27.9 Å². The summed E-state index contributed by atoms with van der Waals surface area (Å²) in [5.41, 5.74) is 3.43. The maximum atomic E-state index is 12.2. The first-order valence-electron chi connectivity index (χ1n) is 7.98. The molecule has 6 heteroatoms. The van der Waals surface area contributed by atoms with Gasteiger partial charge in [0.15, 0.2) is 6.10 Å². The summed E-state index contributed by atoms with van der Waals surface area (Å²) in [7, 11) is 0. The van der Waals surface area contributed by atoms with Crippen molar-refractivity contribution in [3.8, 4) is 0 Å². The fourth-order valence-electron chi connectivity index (χ4n) is 2.17. The number of rotatable bonds is 5. The van der Waals surface area contributed by atoms with Crippen molar-refractivity contribution in [3.05, 3.63) is 69.2 Å². The van der Waals surface area contributed by atoms with Gasteiger partial charge in [0, 0.05) is 11.8 Å². The molecule has 136 valence electrons. The van der Waals surface area contributed by atoms with Gasteiger partial charge < -0.3 is 10.1 Å². The second kappa shape index (κ2) is 8.88. The summed E-state index contributed by atoms with van der Waals surface area (Å²) in [6.07, 6.45) is 1.85. The molecule has 0 aromatic heterocycles. The van der Waals surface area contributed by atoms with E-state index in [1.165, 1.54) is 13.0 Å². The maximum Gasteiger partial charge on any atom is 0.331 e. The first-order valence-corrected chi connectivity index (χ1v) is 8.74. The SMILES string of the molecule is Cc1cccc(NC(=O)[C@@H](C)OC(=O)/C=C/c2ccc(Cl)c(Cl)c2)c1C. The van der Waals surface area contributed by atoms with Crippen LogP contribution in [0.1, 0.15) is 23.6 Å². The Bertz CT molecular complexity index is 862. The van der Waals surface area contributed by atoms with Crippen LogP contribution in [0.3, 0.4) is 0 Å². The van der Waals surface area contributed by atoms with E-state index < -0.39 is 18.0 Å². The maximum absolute atomic E-state index is 12.2. The topological polar surface area (TPSA) is 55.4 Å². The number of amides is 1. The van der Waals surface area contributed by atoms with Crippen molar-refractivity contribution in [1.82, 2.24) is 0 Å². The number of hydrogen-bond donors (Lipinski definition) is 1. The minimum absolute atomic E-state index is 0.392. The summed E-state index contributed by atoms with van der Waals surface area (Å²) < 4.78 is 5.13. The zero-order valence-corrected chi connectivity index (χ0v) is 16.2. The van der Waals surface area contributed by atoms with Gasteiger partial charge >= 0.3 is 5.97 Å². The lowest BCUT2D eigenvalue weighted by Gasteiger charge is -2.14. The van der Waals surface area contributed by atoms with Crippen LogP contribution in [0.2, 0.25) is 10.0 Å². The van der Waals surface area contributed by atoms with Gasteiger partial charge in [-0.15, -0.1) is 0 Å². The van der Waals surface area contributed by atoms with Gasteiger partial charge in [0.25, 0.3) is 5.91 Å². The molecule has 0 heterocycles. The molecule has 1 atom stereocenters. The molecule has 0 fully saturated rings. The molecule has 0 radical (unpaired) electrons. The van der Waals surface area contributed by atoms with E-state index in [0.717, 1.165) is 11.1 Å². The molecule has 2 aromatic rings. The van der Waals surface area contributed by atoms with Crippen LogP contribution < -0.4 is 5.32 Å². The Labute approximate surface area is 162 Å². The Hall–Kier alpha value is -2.30. The Morgan fingerprint density at radius 2 is 1.85 bits per heavy atom. The number of esters is 1. The molecular formula is C20H19Cl2NO3. The lowest BCUT2D eigenvalue weighted by molar-refractivity contribution is -0.148. The smallest absolute Gasteiger partial charge is 0.331 e. The molecule has 0 aliphatic rings. The van der Waals surface area contributed by atoms with Crippen molar-refractivity contribution in [3.63, 3.8) is 0 Å². The summed E-state index contributed by atoms with van der Waals surface area (Å²) >= 11 is 11.8. The monoisotopic (exact) mass is 391 g/mol. The molecule has 4 nitrogen and oxygen atoms in total. The third-order valence-corrected chi connectivity index (χ3v) is 4.62. The fraction of sp³-hybridized carbons (Fsp3) is 0.200. The van der Waals surface area contributed by atoms with Crippen molar-refractivity contribution in [1.29, 1.82) is 0 Å². The minimum atomic E-state index is -0.930. The summed E-state index contributed by atoms with van der Waals surface area (Å²) in [6.45, 7) is 5.40. The van der Waals surface area contributed by atoms with E-state index in [1.807, 2.05) is 26.0 Å². The normalized spacial score (nSPS) is 12.0. The second-order valence-electron chi connectivity index (χ2n) is 5.82. The molecular weight excluding hydrogens is 373 g/mol. The summed E-state index contributed by atoms with van der Waals surface area (Å²) in [5.74, 6) is -1.02. The van der Waals surface area contributed by atoms with Crippen LogP contribution in [-0.4, -0.2) is 18.0 Å². The lowest BCUT2D eigenvalue weighted by atomic mass is 10.1. The number of aryl methyl sites for hydroxylation is 1. The quantitative estimate of drug-likeness (QED) is 0.563. The molecule has 2 rings (SSSR count). The summed E-state index contributed by atoms with van der Waals surface area (Å²) in [5, 5.41) is 3.60. The van der Waals surface area contributed by atoms with Crippen molar-refractivity contribution in [2.45, 2.75) is 26.9 Å². The van der Waals surface area contributed by atoms with Gasteiger partial charge in [-0.25, -0.2) is 4.79 Å². The van der Waals surface area contributed by atoms with Crippen molar-refractivity contribution in [2.24, 2.45) is 0 Å². The van der Waals surface area contributed by atoms with Crippen molar-refractivity contribution in [2.75, 3.05) is 5.32 Å². The number of nitrogens with one attached hydrogen (secondary N) is 1. The predicted octanol–water partition coefficient (Wildman–Crippen LogP) is 5.19. The highest BCUT2D eigenvalue weighted by atomic mass is 35.5. The highest BCUT2D eigenvalue weighted by molar-refractivity contribution is 6.42. The minimum Gasteiger partial charge on any atom is -0.449 e. The van der Waals surface area contributed by atoms with Gasteiger partial charge in [0.05, 0.1) is 10.0 Å². The second-order valence-corrected chi connectivity index (χ2v) is 6.64. The largest absolute Gasteiger partial charge is 0.449 e. The first-order chi connectivity index (χ1) is 12.3. The number of ether oxygens (including phenoxy) is 1. The molecule has 0 bridgehead atoms. The van der Waals surface area contributed by atoms with Gasteiger partial charge in [0.2, 0.25) is 0 Å². The van der Waals surface area contributed by atoms with Gasteiger partial charge in [-0.3, -0.25) is 4.79 Å². The van der Waals surface area contributed by atoms with E-state index in [-0.39, 0.29) is 0 Å². The molecule has 26 heavy (non-hydrogen) atoms. The molecule has 0 aliphatic heterocycles. The lowest BCUT2D eigenvalue weighted by Crippen LogP contribution is -2.29. The number of halogens is 2. The van der Waals surface area contributed by atoms with Crippen LogP contribution >= 0.6 is 23.2 Å². The summed E-state index contributed by atoms with van der Waals surface area (Å²) in [4.78, 5) is 24.1. The fourth-order valence-corrected chi connectivity index (χ4v) is 2.47. The third kappa shape index (κ3) is 5.35. The van der Waals surface area contributed by atoms with Crippen LogP contribution in [-0.2, 0) is 14.3 Å². The van der Waals surface area contributed by atoms with E-state index in [2.05, 4.69) is 5.32 Å². The molecule has 1 amide bonds. The van der Waals surface area contributed by atoms with Crippen LogP contribution in [0.25, 0.3) is 6.08 Å². The van der Waals surface area contributed by atoms with E-state index in [9.17, 15) is 9.59 Å². The van der Waals surface area contributed by atoms with E-state index >= 15 is 0 Å². The number of carbonyl (C=O) groups excluding carboxylic acids is 2. The Kier molecular flexibility index (Phi) is 6.83. The Morgan fingerprint density at radius 3 is 2.54 bits per heavy atom. The highest BCUT2D eigenvalue weighted by Crippen LogP contribution is 2.23. The first kappa shape index (κ1) is 20.0. The zero-order chi connectivity index (χ0) is 19.3. The molecule has 0 spiro atoms. The molecule has 1 N–H and O–H groups in total. The van der Waals surface area contributed by atoms with Crippen LogP contribution in [0, 0.1) is 13.8 Å². The predicted molar refractivity (Wildman–Crippen MR) is 106 cm³/mol. The van der Waals surface area contributed by atoms with Gasteiger partial charge in [-0.2, -0.15) is 0 Å². The molecule has 2 aromatic carbocycles. The summed E-state index contributed by atoms with van der Waals surface area (Å²) in [6, 6.07) is 10.6. The molecule has 0 unspecified atom stereocenters. The van der Waals surface area contributed by atoms with Gasteiger partial charge in [-0.05, 0) is 61.7 Å². The van der Waals surface area contributed by atoms with Crippen LogP contribution in [0.15, 0.2) is 42.5 Å². The van der Waals surface area contributed by atoms with Crippen molar-refractivity contribution < 1.29 is 14.3 Å². The average Bonchev–Trinajstić information content (AvgIpc) is 2.60. The number of benzene rings is 2. The Morgan fingerprint density at radius 1 is 1.12 bits per heavy atom. The van der Waals surface area contributed by atoms with Crippen molar-refractivity contribution >= 4 is 46.8 Å². The number of anilines is 1.